The van der Waals surface area contributed by atoms with Gasteiger partial charge in [-0.15, -0.1) is 0 Å². The fourth-order valence-corrected chi connectivity index (χ4v) is 2.57. The molecule has 1 heterocycles. The molecule has 1 saturated heterocycles. The van der Waals surface area contributed by atoms with Crippen molar-refractivity contribution >= 4 is 5.84 Å². The molecule has 1 fully saturated rings. The van der Waals surface area contributed by atoms with Gasteiger partial charge in [0.05, 0.1) is 5.84 Å². The zero-order valence-corrected chi connectivity index (χ0v) is 10.9. The van der Waals surface area contributed by atoms with E-state index in [1.807, 2.05) is 0 Å². The standard InChI is InChI=1S/C15H22N2/c1-15(2,17-12-6-9-14(17)16)11-10-13-7-4-3-5-8-13/h3-5,7-8,16H,6,9-12H2,1-2H3. The van der Waals surface area contributed by atoms with Crippen molar-refractivity contribution < 1.29 is 0 Å². The number of benzene rings is 1. The molecule has 0 radical (unpaired) electrons. The van der Waals surface area contributed by atoms with Crippen molar-refractivity contribution in [3.8, 4) is 0 Å². The zero-order valence-electron chi connectivity index (χ0n) is 10.9. The average molecular weight is 230 g/mol. The van der Waals surface area contributed by atoms with Gasteiger partial charge < -0.3 is 4.90 Å². The van der Waals surface area contributed by atoms with Crippen LogP contribution in [0, 0.1) is 5.41 Å². The second-order valence-electron chi connectivity index (χ2n) is 5.50. The zero-order chi connectivity index (χ0) is 12.3. The Hall–Kier alpha value is -1.31. The minimum absolute atomic E-state index is 0.115. The third-order valence-electron chi connectivity index (χ3n) is 3.72. The van der Waals surface area contributed by atoms with Gasteiger partial charge in [-0.1, -0.05) is 30.3 Å². The van der Waals surface area contributed by atoms with Crippen molar-refractivity contribution in [3.05, 3.63) is 35.9 Å². The van der Waals surface area contributed by atoms with Gasteiger partial charge in [-0.25, -0.2) is 0 Å². The Morgan fingerprint density at radius 2 is 1.94 bits per heavy atom. The van der Waals surface area contributed by atoms with Crippen molar-refractivity contribution in [2.24, 2.45) is 0 Å². The SMILES string of the molecule is CC(C)(CCc1ccccc1)N1CCCC1=N. The molecule has 1 N–H and O–H groups in total. The maximum atomic E-state index is 7.97. The molecular weight excluding hydrogens is 208 g/mol. The van der Waals surface area contributed by atoms with E-state index in [1.54, 1.807) is 0 Å². The molecule has 0 unspecified atom stereocenters. The maximum Gasteiger partial charge on any atom is 0.0962 e. The lowest BCUT2D eigenvalue weighted by Gasteiger charge is -2.37. The van der Waals surface area contributed by atoms with Crippen LogP contribution in [0.2, 0.25) is 0 Å². The summed E-state index contributed by atoms with van der Waals surface area (Å²) in [6.45, 7) is 5.58. The van der Waals surface area contributed by atoms with E-state index in [0.717, 1.165) is 38.1 Å². The van der Waals surface area contributed by atoms with Gasteiger partial charge in [-0.3, -0.25) is 5.41 Å². The fourth-order valence-electron chi connectivity index (χ4n) is 2.57. The summed E-state index contributed by atoms with van der Waals surface area (Å²) in [6.07, 6.45) is 4.30. The highest BCUT2D eigenvalue weighted by Crippen LogP contribution is 2.26. The minimum Gasteiger partial charge on any atom is -0.355 e. The third kappa shape index (κ3) is 2.87. The first kappa shape index (κ1) is 12.2. The van der Waals surface area contributed by atoms with Crippen LogP contribution in [0.4, 0.5) is 0 Å². The van der Waals surface area contributed by atoms with E-state index in [4.69, 9.17) is 5.41 Å². The predicted octanol–water partition coefficient (Wildman–Crippen LogP) is 3.47. The van der Waals surface area contributed by atoms with E-state index in [2.05, 4.69) is 49.1 Å². The van der Waals surface area contributed by atoms with Crippen LogP contribution in [0.15, 0.2) is 30.3 Å². The first-order valence-corrected chi connectivity index (χ1v) is 6.48. The summed E-state index contributed by atoms with van der Waals surface area (Å²) in [5.74, 6) is 0.822. The lowest BCUT2D eigenvalue weighted by atomic mass is 9.93. The molecule has 2 heteroatoms. The van der Waals surface area contributed by atoms with Gasteiger partial charge in [-0.05, 0) is 38.7 Å². The summed E-state index contributed by atoms with van der Waals surface area (Å²) < 4.78 is 0. The summed E-state index contributed by atoms with van der Waals surface area (Å²) in [5, 5.41) is 7.97. The number of nitrogens with one attached hydrogen (secondary N) is 1. The van der Waals surface area contributed by atoms with E-state index in [0.29, 0.717) is 0 Å². The predicted molar refractivity (Wildman–Crippen MR) is 72.5 cm³/mol. The average Bonchev–Trinajstić information content (AvgIpc) is 2.75. The summed E-state index contributed by atoms with van der Waals surface area (Å²) in [4.78, 5) is 2.27. The van der Waals surface area contributed by atoms with Gasteiger partial charge in [0.2, 0.25) is 0 Å². The van der Waals surface area contributed by atoms with Crippen LogP contribution in [-0.4, -0.2) is 22.8 Å². The summed E-state index contributed by atoms with van der Waals surface area (Å²) >= 11 is 0. The van der Waals surface area contributed by atoms with Gasteiger partial charge in [-0.2, -0.15) is 0 Å². The molecule has 1 aromatic rings. The monoisotopic (exact) mass is 230 g/mol. The molecule has 17 heavy (non-hydrogen) atoms. The van der Waals surface area contributed by atoms with E-state index < -0.39 is 0 Å². The molecule has 1 aliphatic rings. The van der Waals surface area contributed by atoms with Crippen molar-refractivity contribution in [3.63, 3.8) is 0 Å². The molecule has 1 aliphatic heterocycles. The number of hydrogen-bond acceptors (Lipinski definition) is 1. The van der Waals surface area contributed by atoms with Crippen LogP contribution in [-0.2, 0) is 6.42 Å². The van der Waals surface area contributed by atoms with E-state index in [1.165, 1.54) is 5.56 Å². The molecule has 0 spiro atoms. The quantitative estimate of drug-likeness (QED) is 0.842. The van der Waals surface area contributed by atoms with Crippen molar-refractivity contribution in [2.45, 2.75) is 45.1 Å². The Morgan fingerprint density at radius 1 is 1.24 bits per heavy atom. The highest BCUT2D eigenvalue weighted by atomic mass is 15.2. The number of aryl methyl sites for hydroxylation is 1. The second-order valence-corrected chi connectivity index (χ2v) is 5.50. The van der Waals surface area contributed by atoms with Crippen LogP contribution < -0.4 is 0 Å². The van der Waals surface area contributed by atoms with Crippen LogP contribution in [0.1, 0.15) is 38.7 Å². The molecule has 1 aromatic carbocycles. The van der Waals surface area contributed by atoms with E-state index >= 15 is 0 Å². The Morgan fingerprint density at radius 3 is 2.53 bits per heavy atom. The summed E-state index contributed by atoms with van der Waals surface area (Å²) in [5.41, 5.74) is 1.51. The van der Waals surface area contributed by atoms with Crippen LogP contribution in [0.3, 0.4) is 0 Å². The number of nitrogens with zero attached hydrogens (tertiary/aromatic N) is 1. The molecular formula is C15H22N2. The topological polar surface area (TPSA) is 27.1 Å². The lowest BCUT2D eigenvalue weighted by molar-refractivity contribution is 0.215. The smallest absolute Gasteiger partial charge is 0.0962 e. The van der Waals surface area contributed by atoms with E-state index in [-0.39, 0.29) is 5.54 Å². The molecule has 0 bridgehead atoms. The molecule has 0 amide bonds. The third-order valence-corrected chi connectivity index (χ3v) is 3.72. The first-order chi connectivity index (χ1) is 8.09. The van der Waals surface area contributed by atoms with Crippen LogP contribution in [0.25, 0.3) is 0 Å². The Labute approximate surface area is 104 Å². The highest BCUT2D eigenvalue weighted by Gasteiger charge is 2.31. The molecule has 0 aromatic heterocycles. The van der Waals surface area contributed by atoms with Gasteiger partial charge in [0.1, 0.15) is 0 Å². The highest BCUT2D eigenvalue weighted by molar-refractivity contribution is 5.81. The summed E-state index contributed by atoms with van der Waals surface area (Å²) in [7, 11) is 0. The van der Waals surface area contributed by atoms with Crippen LogP contribution in [0.5, 0.6) is 0 Å². The number of likely N-dealkylation sites (tertiary alicyclic amines) is 1. The first-order valence-electron chi connectivity index (χ1n) is 6.48. The Balaban J connectivity index is 1.95. The number of amidine groups is 1. The van der Waals surface area contributed by atoms with E-state index in [9.17, 15) is 0 Å². The molecule has 2 rings (SSSR count). The van der Waals surface area contributed by atoms with Gasteiger partial charge in [0, 0.05) is 18.5 Å². The normalized spacial score (nSPS) is 16.6. The maximum absolute atomic E-state index is 7.97. The van der Waals surface area contributed by atoms with Crippen molar-refractivity contribution in [1.82, 2.24) is 4.90 Å². The van der Waals surface area contributed by atoms with Crippen molar-refractivity contribution in [2.75, 3.05) is 6.54 Å². The van der Waals surface area contributed by atoms with Gasteiger partial charge >= 0.3 is 0 Å². The summed E-state index contributed by atoms with van der Waals surface area (Å²) in [6, 6.07) is 10.6. The fraction of sp³-hybridized carbons (Fsp3) is 0.533. The minimum atomic E-state index is 0.115. The number of hydrogen-bond donors (Lipinski definition) is 1. The largest absolute Gasteiger partial charge is 0.355 e. The van der Waals surface area contributed by atoms with Gasteiger partial charge in [0.15, 0.2) is 0 Å². The lowest BCUT2D eigenvalue weighted by Crippen LogP contribution is -2.44. The molecule has 0 saturated carbocycles. The molecule has 0 atom stereocenters. The molecule has 92 valence electrons. The number of rotatable bonds is 4. The molecule has 0 aliphatic carbocycles. The Bertz CT molecular complexity index is 381. The van der Waals surface area contributed by atoms with Gasteiger partial charge in [0.25, 0.3) is 0 Å². The van der Waals surface area contributed by atoms with Crippen molar-refractivity contribution in [1.29, 1.82) is 5.41 Å². The second kappa shape index (κ2) is 4.91. The molecule has 2 nitrogen and oxygen atoms in total. The van der Waals surface area contributed by atoms with Crippen LogP contribution >= 0.6 is 0 Å². The Kier molecular flexibility index (Phi) is 3.51.